The third kappa shape index (κ3) is 4.51. The molecule has 0 unspecified atom stereocenters. The van der Waals surface area contributed by atoms with E-state index in [1.54, 1.807) is 7.05 Å². The van der Waals surface area contributed by atoms with Crippen molar-refractivity contribution in [3.63, 3.8) is 0 Å². The van der Waals surface area contributed by atoms with Gasteiger partial charge in [-0.25, -0.2) is 9.78 Å². The highest BCUT2D eigenvalue weighted by Crippen LogP contribution is 2.33. The second kappa shape index (κ2) is 9.37. The predicted molar refractivity (Wildman–Crippen MR) is 128 cm³/mol. The Labute approximate surface area is 193 Å². The van der Waals surface area contributed by atoms with Crippen LogP contribution < -0.4 is 16.6 Å². The summed E-state index contributed by atoms with van der Waals surface area (Å²) in [5, 5.41) is 3.13. The average molecular weight is 452 g/mol. The fraction of sp³-hybridized carbons (Fsp3) is 0.520. The first-order valence-corrected chi connectivity index (χ1v) is 11.8. The summed E-state index contributed by atoms with van der Waals surface area (Å²) in [6.45, 7) is 4.11. The van der Waals surface area contributed by atoms with Gasteiger partial charge in [0.25, 0.3) is 5.56 Å². The molecule has 33 heavy (non-hydrogen) atoms. The number of carbonyl (C=O) groups is 1. The van der Waals surface area contributed by atoms with E-state index in [2.05, 4.69) is 48.4 Å². The van der Waals surface area contributed by atoms with Gasteiger partial charge in [0, 0.05) is 14.1 Å². The van der Waals surface area contributed by atoms with Crippen molar-refractivity contribution >= 4 is 17.1 Å². The summed E-state index contributed by atoms with van der Waals surface area (Å²) in [4.78, 5) is 41.9. The minimum Gasteiger partial charge on any atom is -0.347 e. The summed E-state index contributed by atoms with van der Waals surface area (Å²) in [6, 6.07) is 8.54. The Morgan fingerprint density at radius 1 is 1.06 bits per heavy atom. The second-order valence-corrected chi connectivity index (χ2v) is 9.54. The third-order valence-electron chi connectivity index (χ3n) is 6.89. The second-order valence-electron chi connectivity index (χ2n) is 9.54. The van der Waals surface area contributed by atoms with Gasteiger partial charge in [0.2, 0.25) is 5.91 Å². The van der Waals surface area contributed by atoms with Gasteiger partial charge in [-0.3, -0.25) is 18.7 Å². The van der Waals surface area contributed by atoms with E-state index in [9.17, 15) is 14.4 Å². The summed E-state index contributed by atoms with van der Waals surface area (Å²) in [6.07, 6.45) is 7.90. The van der Waals surface area contributed by atoms with Crippen LogP contribution in [0.2, 0.25) is 0 Å². The maximum Gasteiger partial charge on any atom is 0.332 e. The number of nitrogens with one attached hydrogen (secondary N) is 1. The smallest absolute Gasteiger partial charge is 0.332 e. The van der Waals surface area contributed by atoms with Crippen molar-refractivity contribution in [2.45, 2.75) is 64.5 Å². The van der Waals surface area contributed by atoms with E-state index in [4.69, 9.17) is 0 Å². The van der Waals surface area contributed by atoms with Crippen molar-refractivity contribution in [3.8, 4) is 0 Å². The van der Waals surface area contributed by atoms with E-state index >= 15 is 0 Å². The lowest BCUT2D eigenvalue weighted by atomic mass is 9.83. The van der Waals surface area contributed by atoms with Gasteiger partial charge >= 0.3 is 5.69 Å². The minimum absolute atomic E-state index is 0.0483. The van der Waals surface area contributed by atoms with Crippen molar-refractivity contribution in [3.05, 3.63) is 62.6 Å². The van der Waals surface area contributed by atoms with Gasteiger partial charge < -0.3 is 9.88 Å². The molecule has 1 atom stereocenters. The Morgan fingerprint density at radius 3 is 2.36 bits per heavy atom. The van der Waals surface area contributed by atoms with Crippen LogP contribution in [-0.2, 0) is 25.4 Å². The monoisotopic (exact) mass is 451 g/mol. The number of amides is 1. The Kier molecular flexibility index (Phi) is 6.54. The summed E-state index contributed by atoms with van der Waals surface area (Å²) < 4.78 is 3.86. The lowest BCUT2D eigenvalue weighted by molar-refractivity contribution is -0.122. The van der Waals surface area contributed by atoms with Gasteiger partial charge in [-0.15, -0.1) is 0 Å². The highest BCUT2D eigenvalue weighted by Gasteiger charge is 2.22. The molecule has 0 aliphatic heterocycles. The molecule has 3 aromatic rings. The lowest BCUT2D eigenvalue weighted by Crippen LogP contribution is -2.38. The topological polar surface area (TPSA) is 90.9 Å². The number of nitrogens with zero attached hydrogens (tertiary/aromatic N) is 4. The van der Waals surface area contributed by atoms with Crippen LogP contribution in [0.4, 0.5) is 0 Å². The minimum atomic E-state index is -0.461. The standard InChI is InChI=1S/C25H33N5O3/c1-16(2)21(19-12-10-18(11-13-19)17-8-6-5-7-9-17)27-20(31)14-30-15-26-23-22(30)24(32)29(4)25(33)28(23)3/h10-13,15-17,21H,5-9,14H2,1-4H3,(H,27,31)/t21-/m1/s1. The van der Waals surface area contributed by atoms with E-state index < -0.39 is 11.2 Å². The summed E-state index contributed by atoms with van der Waals surface area (Å²) >= 11 is 0. The summed E-state index contributed by atoms with van der Waals surface area (Å²) in [5.41, 5.74) is 2.07. The highest BCUT2D eigenvalue weighted by molar-refractivity contribution is 5.79. The third-order valence-corrected chi connectivity index (χ3v) is 6.89. The molecule has 1 saturated carbocycles. The Balaban J connectivity index is 1.53. The van der Waals surface area contributed by atoms with Gasteiger partial charge in [0.05, 0.1) is 12.4 Å². The fourth-order valence-electron chi connectivity index (χ4n) is 4.94. The molecule has 176 valence electrons. The largest absolute Gasteiger partial charge is 0.347 e. The van der Waals surface area contributed by atoms with E-state index in [-0.39, 0.29) is 35.6 Å². The van der Waals surface area contributed by atoms with Crippen molar-refractivity contribution in [2.75, 3.05) is 0 Å². The lowest BCUT2D eigenvalue weighted by Gasteiger charge is -2.25. The van der Waals surface area contributed by atoms with Crippen LogP contribution in [0.15, 0.2) is 40.2 Å². The van der Waals surface area contributed by atoms with Crippen molar-refractivity contribution in [1.82, 2.24) is 24.0 Å². The molecule has 0 saturated heterocycles. The molecule has 0 radical (unpaired) electrons. The molecule has 1 fully saturated rings. The van der Waals surface area contributed by atoms with Gasteiger partial charge in [-0.2, -0.15) is 0 Å². The predicted octanol–water partition coefficient (Wildman–Crippen LogP) is 2.99. The maximum atomic E-state index is 13.0. The van der Waals surface area contributed by atoms with Gasteiger partial charge in [0.1, 0.15) is 6.54 Å². The van der Waals surface area contributed by atoms with Crippen molar-refractivity contribution < 1.29 is 4.79 Å². The number of hydrogen-bond acceptors (Lipinski definition) is 4. The molecule has 8 heteroatoms. The van der Waals surface area contributed by atoms with Gasteiger partial charge in [-0.05, 0) is 35.8 Å². The number of benzene rings is 1. The van der Waals surface area contributed by atoms with E-state index in [1.165, 1.54) is 60.2 Å². The molecule has 0 spiro atoms. The van der Waals surface area contributed by atoms with Crippen LogP contribution in [0, 0.1) is 5.92 Å². The number of imidazole rings is 1. The van der Waals surface area contributed by atoms with Gasteiger partial charge in [-0.1, -0.05) is 57.4 Å². The van der Waals surface area contributed by atoms with E-state index in [1.807, 2.05) is 0 Å². The van der Waals surface area contributed by atoms with Gasteiger partial charge in [0.15, 0.2) is 11.2 Å². The first-order chi connectivity index (χ1) is 15.8. The molecule has 4 rings (SSSR count). The first kappa shape index (κ1) is 23.0. The molecule has 0 bridgehead atoms. The SMILES string of the molecule is CC(C)[C@@H](NC(=O)Cn1cnc2c1c(=O)n(C)c(=O)n2C)c1ccc(C2CCCCC2)cc1. The molecule has 2 aromatic heterocycles. The summed E-state index contributed by atoms with van der Waals surface area (Å²) in [7, 11) is 2.99. The first-order valence-electron chi connectivity index (χ1n) is 11.8. The maximum absolute atomic E-state index is 13.0. The quantitative estimate of drug-likeness (QED) is 0.624. The Morgan fingerprint density at radius 2 is 1.73 bits per heavy atom. The van der Waals surface area contributed by atoms with Crippen LogP contribution in [0.1, 0.15) is 69.0 Å². The number of aromatic nitrogens is 4. The molecule has 2 heterocycles. The normalized spacial score (nSPS) is 15.8. The van der Waals surface area contributed by atoms with Crippen molar-refractivity contribution in [2.24, 2.45) is 20.0 Å². The highest BCUT2D eigenvalue weighted by atomic mass is 16.2. The molecule has 8 nitrogen and oxygen atoms in total. The number of aryl methyl sites for hydroxylation is 1. The average Bonchev–Trinajstić information content (AvgIpc) is 3.24. The Bertz CT molecular complexity index is 1260. The van der Waals surface area contributed by atoms with Crippen LogP contribution >= 0.6 is 0 Å². The number of fused-ring (bicyclic) bond motifs is 1. The summed E-state index contributed by atoms with van der Waals surface area (Å²) in [5.74, 6) is 0.635. The molecule has 1 aliphatic rings. The molecule has 1 amide bonds. The molecule has 1 aliphatic carbocycles. The van der Waals surface area contributed by atoms with Crippen LogP contribution in [0.3, 0.4) is 0 Å². The molecule has 1 N–H and O–H groups in total. The molecular formula is C25H33N5O3. The number of carbonyl (C=O) groups excluding carboxylic acids is 1. The van der Waals surface area contributed by atoms with Crippen molar-refractivity contribution in [1.29, 1.82) is 0 Å². The number of rotatable bonds is 6. The zero-order chi connectivity index (χ0) is 23.7. The Hall–Kier alpha value is -3.16. The van der Waals surface area contributed by atoms with Crippen LogP contribution in [0.25, 0.3) is 11.2 Å². The zero-order valence-corrected chi connectivity index (χ0v) is 19.9. The van der Waals surface area contributed by atoms with Crippen LogP contribution in [-0.4, -0.2) is 24.6 Å². The van der Waals surface area contributed by atoms with E-state index in [0.717, 1.165) is 10.1 Å². The molecular weight excluding hydrogens is 418 g/mol. The fourth-order valence-corrected chi connectivity index (χ4v) is 4.94. The van der Waals surface area contributed by atoms with Crippen LogP contribution in [0.5, 0.6) is 0 Å². The molecule has 1 aromatic carbocycles. The zero-order valence-electron chi connectivity index (χ0n) is 19.9. The van der Waals surface area contributed by atoms with E-state index in [0.29, 0.717) is 5.92 Å². The number of hydrogen-bond donors (Lipinski definition) is 1.